The first-order valence-corrected chi connectivity index (χ1v) is 18.1. The standard InChI is InChI=1S/C42H52N4O6/c1-29(41(50)33-11-5-3-6-12-33)46(2)27-35-25-38(32-21-19-31(28-47)20-22-32)52-42(51-35)34-23-17-30(18-24-34)26-44-39(48)15-7-4-8-16-40(49)45-37-14-10-9-13-36(37)43/h3,5-6,9-14,17-24,29,35,38,41-42,47,50H,4,7-8,15-16,25-28,43H2,1-2H3,(H,44,48)(H,45,49)/t29-,35+,38-,41-,42-/m1/s1. The van der Waals surface area contributed by atoms with Crippen LogP contribution in [0, 0.1) is 0 Å². The molecule has 4 aromatic carbocycles. The minimum Gasteiger partial charge on any atom is -0.397 e. The highest BCUT2D eigenvalue weighted by molar-refractivity contribution is 5.93. The summed E-state index contributed by atoms with van der Waals surface area (Å²) in [6.45, 7) is 2.99. The summed E-state index contributed by atoms with van der Waals surface area (Å²) in [6.07, 6.45) is 1.92. The average molecular weight is 709 g/mol. The van der Waals surface area contributed by atoms with Gasteiger partial charge in [-0.3, -0.25) is 14.5 Å². The van der Waals surface area contributed by atoms with Gasteiger partial charge in [0.2, 0.25) is 11.8 Å². The molecule has 1 aliphatic heterocycles. The number of hydrogen-bond acceptors (Lipinski definition) is 8. The van der Waals surface area contributed by atoms with Crippen molar-refractivity contribution in [3.05, 3.63) is 131 Å². The fourth-order valence-corrected chi connectivity index (χ4v) is 6.34. The van der Waals surface area contributed by atoms with Gasteiger partial charge in [0.25, 0.3) is 0 Å². The van der Waals surface area contributed by atoms with Gasteiger partial charge in [-0.1, -0.05) is 97.4 Å². The normalized spacial score (nSPS) is 18.4. The van der Waals surface area contributed by atoms with Crippen molar-refractivity contribution in [2.75, 3.05) is 24.6 Å². The molecule has 276 valence electrons. The van der Waals surface area contributed by atoms with Crippen LogP contribution >= 0.6 is 0 Å². The highest BCUT2D eigenvalue weighted by Gasteiger charge is 2.34. The second-order valence-corrected chi connectivity index (χ2v) is 13.6. The van der Waals surface area contributed by atoms with Crippen molar-refractivity contribution in [1.29, 1.82) is 0 Å². The smallest absolute Gasteiger partial charge is 0.224 e. The van der Waals surface area contributed by atoms with Gasteiger partial charge in [-0.05, 0) is 61.2 Å². The van der Waals surface area contributed by atoms with Crippen LogP contribution < -0.4 is 16.4 Å². The summed E-state index contributed by atoms with van der Waals surface area (Å²) in [7, 11) is 2.00. The number of rotatable bonds is 17. The fourth-order valence-electron chi connectivity index (χ4n) is 6.34. The van der Waals surface area contributed by atoms with Gasteiger partial charge in [-0.15, -0.1) is 0 Å². The summed E-state index contributed by atoms with van der Waals surface area (Å²) in [4.78, 5) is 26.9. The van der Waals surface area contributed by atoms with Crippen molar-refractivity contribution in [2.24, 2.45) is 0 Å². The number of benzene rings is 4. The molecule has 52 heavy (non-hydrogen) atoms. The van der Waals surface area contributed by atoms with Crippen LogP contribution in [0.2, 0.25) is 0 Å². The molecule has 0 saturated carbocycles. The number of anilines is 2. The lowest BCUT2D eigenvalue weighted by molar-refractivity contribution is -0.253. The average Bonchev–Trinajstić information content (AvgIpc) is 3.17. The molecule has 0 radical (unpaired) electrons. The highest BCUT2D eigenvalue weighted by Crippen LogP contribution is 2.38. The van der Waals surface area contributed by atoms with E-state index in [4.69, 9.17) is 15.2 Å². The van der Waals surface area contributed by atoms with Gasteiger partial charge in [0.1, 0.15) is 0 Å². The number of carbonyl (C=O) groups excluding carboxylic acids is 2. The minimum atomic E-state index is -0.643. The zero-order chi connectivity index (χ0) is 36.9. The van der Waals surface area contributed by atoms with Crippen molar-refractivity contribution in [1.82, 2.24) is 10.2 Å². The number of aliphatic hydroxyl groups excluding tert-OH is 2. The van der Waals surface area contributed by atoms with E-state index in [9.17, 15) is 19.8 Å². The number of amides is 2. The molecule has 6 N–H and O–H groups in total. The largest absolute Gasteiger partial charge is 0.397 e. The molecule has 4 aromatic rings. The molecule has 5 rings (SSSR count). The van der Waals surface area contributed by atoms with E-state index in [0.29, 0.717) is 56.6 Å². The Morgan fingerprint density at radius 1 is 0.827 bits per heavy atom. The van der Waals surface area contributed by atoms with Gasteiger partial charge >= 0.3 is 0 Å². The molecule has 0 spiro atoms. The molecule has 0 aromatic heterocycles. The number of hydrogen-bond donors (Lipinski definition) is 5. The Morgan fingerprint density at radius 3 is 2.15 bits per heavy atom. The highest BCUT2D eigenvalue weighted by atomic mass is 16.7. The van der Waals surface area contributed by atoms with E-state index in [-0.39, 0.29) is 36.7 Å². The van der Waals surface area contributed by atoms with Gasteiger partial charge in [0, 0.05) is 44.0 Å². The predicted octanol–water partition coefficient (Wildman–Crippen LogP) is 6.57. The van der Waals surface area contributed by atoms with Crippen LogP contribution in [0.4, 0.5) is 11.4 Å². The number of nitrogens with zero attached hydrogens (tertiary/aromatic N) is 1. The molecule has 2 amide bonds. The Labute approximate surface area is 307 Å². The number of nitrogens with one attached hydrogen (secondary N) is 2. The van der Waals surface area contributed by atoms with Crippen molar-refractivity contribution < 1.29 is 29.3 Å². The van der Waals surface area contributed by atoms with Crippen LogP contribution in [-0.2, 0) is 32.2 Å². The maximum Gasteiger partial charge on any atom is 0.224 e. The van der Waals surface area contributed by atoms with E-state index in [1.807, 2.05) is 105 Å². The second-order valence-electron chi connectivity index (χ2n) is 13.6. The Kier molecular flexibility index (Phi) is 14.4. The topological polar surface area (TPSA) is 146 Å². The van der Waals surface area contributed by atoms with Crippen LogP contribution in [-0.4, -0.2) is 52.7 Å². The van der Waals surface area contributed by atoms with E-state index in [1.165, 1.54) is 0 Å². The number of carbonyl (C=O) groups is 2. The van der Waals surface area contributed by atoms with Crippen LogP contribution in [0.1, 0.15) is 91.8 Å². The van der Waals surface area contributed by atoms with Gasteiger partial charge in [-0.25, -0.2) is 0 Å². The predicted molar refractivity (Wildman–Crippen MR) is 203 cm³/mol. The number of aliphatic hydroxyl groups is 2. The van der Waals surface area contributed by atoms with E-state index in [0.717, 1.165) is 34.2 Å². The number of likely N-dealkylation sites (N-methyl/N-ethyl adjacent to an activating group) is 1. The molecular weight excluding hydrogens is 656 g/mol. The van der Waals surface area contributed by atoms with Crippen LogP contribution in [0.3, 0.4) is 0 Å². The third-order valence-electron chi connectivity index (χ3n) is 9.68. The summed E-state index contributed by atoms with van der Waals surface area (Å²) in [5.41, 5.74) is 11.6. The Balaban J connectivity index is 1.11. The number of ether oxygens (including phenoxy) is 2. The Bertz CT molecular complexity index is 1700. The lowest BCUT2D eigenvalue weighted by atomic mass is 9.98. The second kappa shape index (κ2) is 19.3. The molecule has 1 fully saturated rings. The van der Waals surface area contributed by atoms with Crippen molar-refractivity contribution >= 4 is 23.2 Å². The first-order chi connectivity index (χ1) is 25.2. The number of nitrogen functional groups attached to an aromatic ring is 1. The Hall–Kier alpha value is -4.58. The maximum atomic E-state index is 12.5. The lowest BCUT2D eigenvalue weighted by Gasteiger charge is -2.39. The molecule has 1 aliphatic rings. The monoisotopic (exact) mass is 708 g/mol. The first kappa shape index (κ1) is 38.6. The van der Waals surface area contributed by atoms with Gasteiger partial charge in [-0.2, -0.15) is 0 Å². The molecule has 0 aliphatic carbocycles. The zero-order valence-electron chi connectivity index (χ0n) is 30.1. The maximum absolute atomic E-state index is 12.5. The zero-order valence-corrected chi connectivity index (χ0v) is 30.1. The first-order valence-electron chi connectivity index (χ1n) is 18.1. The SMILES string of the molecule is C[C@H]([C@@H](O)c1ccccc1)N(C)C[C@@H]1C[C@H](c2ccc(CO)cc2)O[C@H](c2ccc(CNC(=O)CCCCCC(=O)Nc3ccccc3N)cc2)O1. The van der Waals surface area contributed by atoms with Gasteiger partial charge in [0.15, 0.2) is 6.29 Å². The Morgan fingerprint density at radius 2 is 1.46 bits per heavy atom. The number of para-hydroxylation sites is 2. The van der Waals surface area contributed by atoms with Crippen LogP contribution in [0.5, 0.6) is 0 Å². The van der Waals surface area contributed by atoms with Crippen molar-refractivity contribution in [3.63, 3.8) is 0 Å². The fraction of sp³-hybridized carbons (Fsp3) is 0.381. The summed E-state index contributed by atoms with van der Waals surface area (Å²) >= 11 is 0. The molecule has 1 saturated heterocycles. The molecule has 10 nitrogen and oxygen atoms in total. The molecular formula is C42H52N4O6. The van der Waals surface area contributed by atoms with Gasteiger partial charge < -0.3 is 36.1 Å². The van der Waals surface area contributed by atoms with Crippen molar-refractivity contribution in [2.45, 2.75) is 89.2 Å². The van der Waals surface area contributed by atoms with E-state index < -0.39 is 12.4 Å². The van der Waals surface area contributed by atoms with Gasteiger partial charge in [0.05, 0.1) is 36.3 Å². The summed E-state index contributed by atoms with van der Waals surface area (Å²) in [6, 6.07) is 32.4. The molecule has 0 unspecified atom stereocenters. The molecule has 1 heterocycles. The quantitative estimate of drug-likeness (QED) is 0.0612. The van der Waals surface area contributed by atoms with Crippen LogP contribution in [0.15, 0.2) is 103 Å². The van der Waals surface area contributed by atoms with E-state index >= 15 is 0 Å². The number of unbranched alkanes of at least 4 members (excludes halogenated alkanes) is 2. The number of nitrogens with two attached hydrogens (primary N) is 1. The molecule has 10 heteroatoms. The third kappa shape index (κ3) is 11.2. The third-order valence-corrected chi connectivity index (χ3v) is 9.68. The van der Waals surface area contributed by atoms with Crippen LogP contribution in [0.25, 0.3) is 0 Å². The molecule has 5 atom stereocenters. The summed E-state index contributed by atoms with van der Waals surface area (Å²) in [5, 5.41) is 26.4. The molecule has 0 bridgehead atoms. The van der Waals surface area contributed by atoms with Crippen molar-refractivity contribution in [3.8, 4) is 0 Å². The summed E-state index contributed by atoms with van der Waals surface area (Å²) < 4.78 is 13.1. The summed E-state index contributed by atoms with van der Waals surface area (Å²) in [5.74, 6) is -0.114. The van der Waals surface area contributed by atoms with E-state index in [2.05, 4.69) is 15.5 Å². The minimum absolute atomic E-state index is 0.0222. The lowest BCUT2D eigenvalue weighted by Crippen LogP contribution is -2.43. The van der Waals surface area contributed by atoms with E-state index in [1.54, 1.807) is 12.1 Å².